The van der Waals surface area contributed by atoms with E-state index in [1.54, 1.807) is 48.0 Å². The molecule has 13 heteroatoms. The number of ether oxygens (including phenoxy) is 4. The molecule has 3 fully saturated rings. The van der Waals surface area contributed by atoms with Crippen molar-refractivity contribution in [2.75, 3.05) is 20.8 Å². The minimum atomic E-state index is -2.42. The highest BCUT2D eigenvalue weighted by atomic mass is 16.6. The molecule has 2 bridgehead atoms. The van der Waals surface area contributed by atoms with Crippen LogP contribution in [0, 0.1) is 41.4 Å². The van der Waals surface area contributed by atoms with E-state index in [4.69, 9.17) is 18.9 Å². The second-order valence-corrected chi connectivity index (χ2v) is 19.7. The number of rotatable bonds is 5. The number of aliphatic hydroxyl groups is 3. The van der Waals surface area contributed by atoms with Gasteiger partial charge in [-0.1, -0.05) is 78.0 Å². The molecule has 3 N–H and O–H groups in total. The first-order chi connectivity index (χ1) is 30.2. The maximum Gasteiger partial charge on any atom is 0.329 e. The fourth-order valence-electron chi connectivity index (χ4n) is 10.2. The highest BCUT2D eigenvalue weighted by Gasteiger charge is 2.53. The number of aliphatic hydroxyl groups excluding tert-OH is 2. The Labute approximate surface area is 382 Å². The van der Waals surface area contributed by atoms with Crippen LogP contribution in [-0.2, 0) is 42.9 Å². The van der Waals surface area contributed by atoms with Gasteiger partial charge in [0.25, 0.3) is 11.7 Å². The molecule has 1 aliphatic carbocycles. The largest absolute Gasteiger partial charge is 0.460 e. The number of Topliss-reactive ketones (excluding diaryl/α,β-unsaturated/α-hetero) is 3. The Balaban J connectivity index is 1.69. The number of fused-ring (bicyclic) bond motifs is 3. The van der Waals surface area contributed by atoms with Gasteiger partial charge in [-0.2, -0.15) is 0 Å². The van der Waals surface area contributed by atoms with Crippen molar-refractivity contribution < 1.29 is 58.2 Å². The zero-order chi connectivity index (χ0) is 47.5. The van der Waals surface area contributed by atoms with E-state index >= 15 is 0 Å². The number of cyclic esters (lactones) is 1. The number of piperidine rings is 1. The third kappa shape index (κ3) is 13.9. The number of esters is 1. The number of nitrogens with zero attached hydrogens (tertiary/aromatic N) is 1. The fourth-order valence-corrected chi connectivity index (χ4v) is 10.2. The Kier molecular flexibility index (Phi) is 20.4. The molecular weight excluding hydrogens is 819 g/mol. The molecule has 0 unspecified atom stereocenters. The number of carbonyl (C=O) groups excluding carboxylic acids is 5. The van der Waals surface area contributed by atoms with Gasteiger partial charge in [-0.25, -0.2) is 4.79 Å². The van der Waals surface area contributed by atoms with Crippen molar-refractivity contribution in [3.8, 4) is 0 Å². The molecule has 1 amide bonds. The second-order valence-electron chi connectivity index (χ2n) is 19.7. The zero-order valence-corrected chi connectivity index (χ0v) is 40.2. The number of hydrogen-bond acceptors (Lipinski definition) is 12. The van der Waals surface area contributed by atoms with Gasteiger partial charge in [0.15, 0.2) is 0 Å². The molecule has 1 saturated carbocycles. The van der Waals surface area contributed by atoms with E-state index in [0.29, 0.717) is 63.4 Å². The van der Waals surface area contributed by atoms with Crippen molar-refractivity contribution in [3.63, 3.8) is 0 Å². The van der Waals surface area contributed by atoms with E-state index < -0.39 is 77.8 Å². The Morgan fingerprint density at radius 1 is 0.859 bits per heavy atom. The van der Waals surface area contributed by atoms with Crippen molar-refractivity contribution in [1.29, 1.82) is 0 Å². The summed E-state index contributed by atoms with van der Waals surface area (Å²) in [4.78, 5) is 71.6. The summed E-state index contributed by atoms with van der Waals surface area (Å²) in [7, 11) is 3.15. The summed E-state index contributed by atoms with van der Waals surface area (Å²) in [5.74, 6) is -8.13. The van der Waals surface area contributed by atoms with Crippen LogP contribution in [0.3, 0.4) is 0 Å². The third-order valence-electron chi connectivity index (χ3n) is 14.6. The van der Waals surface area contributed by atoms with Gasteiger partial charge in [-0.3, -0.25) is 19.2 Å². The summed E-state index contributed by atoms with van der Waals surface area (Å²) in [6.45, 7) is 14.7. The lowest BCUT2D eigenvalue weighted by Crippen LogP contribution is -2.61. The molecular formula is C51H79NO12. The lowest BCUT2D eigenvalue weighted by atomic mass is 9.78. The normalized spacial score (nSPS) is 39.5. The van der Waals surface area contributed by atoms with E-state index in [9.17, 15) is 39.3 Å². The summed E-state index contributed by atoms with van der Waals surface area (Å²) < 4.78 is 23.8. The van der Waals surface area contributed by atoms with Crippen LogP contribution in [0.25, 0.3) is 0 Å². The molecule has 0 aromatic heterocycles. The Morgan fingerprint density at radius 2 is 1.58 bits per heavy atom. The molecule has 0 radical (unpaired) electrons. The molecule has 13 nitrogen and oxygen atoms in total. The van der Waals surface area contributed by atoms with Gasteiger partial charge in [0.05, 0.1) is 30.5 Å². The third-order valence-corrected chi connectivity index (χ3v) is 14.6. The SMILES string of the molecule is CO[C@H]1C[C@@H]2CC[C@@H](C)[C@@](O)(O2)C(=O)C(=O)N2CCCC[C@H]2C(=O)O[C@H]([C@H](C)C[C@@H]2CC[C@@H](O)[C@H](OC)C2)CC(=O)[C@H](C)/C=C(\C)[C@@H](O)[C@@H](C)C(=O)[C@H](C)C[C@H](C)/C=C/C=CC=C1C. The number of methoxy groups -OCH3 is 2. The van der Waals surface area contributed by atoms with Crippen molar-refractivity contribution in [3.05, 3.63) is 47.6 Å². The number of allylic oxidation sites excluding steroid dienone is 6. The highest BCUT2D eigenvalue weighted by molar-refractivity contribution is 6.39. The second kappa shape index (κ2) is 24.4. The van der Waals surface area contributed by atoms with Crippen LogP contribution >= 0.6 is 0 Å². The van der Waals surface area contributed by atoms with Gasteiger partial charge in [-0.05, 0) is 107 Å². The Hall–Kier alpha value is -3.33. The zero-order valence-electron chi connectivity index (χ0n) is 40.2. The molecule has 360 valence electrons. The topological polar surface area (TPSA) is 186 Å². The van der Waals surface area contributed by atoms with Crippen LogP contribution < -0.4 is 0 Å². The van der Waals surface area contributed by atoms with Crippen LogP contribution in [0.2, 0.25) is 0 Å². The van der Waals surface area contributed by atoms with Crippen molar-refractivity contribution in [2.24, 2.45) is 41.4 Å². The monoisotopic (exact) mass is 898 g/mol. The number of ketones is 3. The van der Waals surface area contributed by atoms with Gasteiger partial charge >= 0.3 is 5.97 Å². The summed E-state index contributed by atoms with van der Waals surface area (Å²) in [6, 6.07) is -1.13. The van der Waals surface area contributed by atoms with E-state index in [1.165, 1.54) is 4.90 Å². The summed E-state index contributed by atoms with van der Waals surface area (Å²) in [6.07, 6.45) is 13.0. The van der Waals surface area contributed by atoms with Gasteiger partial charge < -0.3 is 39.2 Å². The average molecular weight is 898 g/mol. The molecule has 15 atom stereocenters. The summed E-state index contributed by atoms with van der Waals surface area (Å²) in [5.41, 5.74) is 1.39. The van der Waals surface area contributed by atoms with E-state index in [2.05, 4.69) is 0 Å². The molecule has 2 saturated heterocycles. The van der Waals surface area contributed by atoms with Crippen molar-refractivity contribution in [1.82, 2.24) is 4.90 Å². The Bertz CT molecular complexity index is 1740. The molecule has 64 heavy (non-hydrogen) atoms. The van der Waals surface area contributed by atoms with Gasteiger partial charge in [0, 0.05) is 57.3 Å². The maximum atomic E-state index is 14.3. The fraction of sp³-hybridized carbons (Fsp3) is 0.745. The first-order valence-electron chi connectivity index (χ1n) is 23.9. The van der Waals surface area contributed by atoms with Crippen LogP contribution in [0.1, 0.15) is 132 Å². The van der Waals surface area contributed by atoms with Gasteiger partial charge in [0.2, 0.25) is 5.79 Å². The minimum Gasteiger partial charge on any atom is -0.460 e. The predicted octanol–water partition coefficient (Wildman–Crippen LogP) is 6.80. The van der Waals surface area contributed by atoms with Crippen LogP contribution in [-0.4, -0.2) is 119 Å². The number of carbonyl (C=O) groups is 5. The highest BCUT2D eigenvalue weighted by Crippen LogP contribution is 2.38. The molecule has 4 rings (SSSR count). The quantitative estimate of drug-likeness (QED) is 0.149. The summed E-state index contributed by atoms with van der Waals surface area (Å²) in [5, 5.41) is 33.8. The van der Waals surface area contributed by atoms with Crippen LogP contribution in [0.4, 0.5) is 0 Å². The lowest BCUT2D eigenvalue weighted by Gasteiger charge is -2.42. The van der Waals surface area contributed by atoms with Gasteiger partial charge in [-0.15, -0.1) is 0 Å². The standard InChI is InChI=1S/C51H79NO12/c1-30-16-12-11-13-17-31(2)43(61-9)28-39-21-19-36(7)51(60,64-39)48(57)49(58)52-23-15-14-18-40(52)50(59)63-44(33(4)26-38-20-22-41(53)45(27-38)62-10)29-42(54)32(3)25-35(6)47(56)37(8)46(55)34(5)24-30/h11-13,16-17,25,30,32-34,36-41,43-45,47,53,56,60H,14-15,18-24,26-29H2,1-10H3/b13-11?,16-12+,31-17?,35-25+/t30-,32-,33-,34-,36-,37+,38+,39+,40+,41-,43+,44+,45-,47-,51-/m1/s1. The van der Waals surface area contributed by atoms with E-state index in [1.807, 2.05) is 58.1 Å². The number of hydrogen-bond donors (Lipinski definition) is 3. The Morgan fingerprint density at radius 3 is 2.27 bits per heavy atom. The minimum absolute atomic E-state index is 0.0679. The van der Waals surface area contributed by atoms with E-state index in [0.717, 1.165) is 12.0 Å². The van der Waals surface area contributed by atoms with Crippen molar-refractivity contribution in [2.45, 2.75) is 181 Å². The first-order valence-corrected chi connectivity index (χ1v) is 23.9. The maximum absolute atomic E-state index is 14.3. The van der Waals surface area contributed by atoms with Crippen molar-refractivity contribution >= 4 is 29.2 Å². The summed E-state index contributed by atoms with van der Waals surface area (Å²) >= 11 is 0. The molecule has 4 aliphatic rings. The predicted molar refractivity (Wildman–Crippen MR) is 244 cm³/mol. The molecule has 3 aliphatic heterocycles. The molecule has 0 spiro atoms. The van der Waals surface area contributed by atoms with Crippen LogP contribution in [0.15, 0.2) is 47.6 Å². The van der Waals surface area contributed by atoms with E-state index in [-0.39, 0.29) is 60.7 Å². The number of amides is 1. The molecule has 3 heterocycles. The van der Waals surface area contributed by atoms with Crippen LogP contribution in [0.5, 0.6) is 0 Å². The average Bonchev–Trinajstić information content (AvgIpc) is 3.27. The lowest BCUT2D eigenvalue weighted by molar-refractivity contribution is -0.265. The smallest absolute Gasteiger partial charge is 0.329 e. The first kappa shape index (κ1) is 53.3. The van der Waals surface area contributed by atoms with Gasteiger partial charge in [0.1, 0.15) is 23.7 Å². The molecule has 0 aromatic rings. The molecule has 0 aromatic carbocycles.